The van der Waals surface area contributed by atoms with E-state index < -0.39 is 6.10 Å². The summed E-state index contributed by atoms with van der Waals surface area (Å²) in [4.78, 5) is 16.5. The van der Waals surface area contributed by atoms with Crippen molar-refractivity contribution in [2.24, 2.45) is 0 Å². The van der Waals surface area contributed by atoms with Gasteiger partial charge < -0.3 is 15.7 Å². The minimum absolute atomic E-state index is 0.193. The van der Waals surface area contributed by atoms with Crippen molar-refractivity contribution in [3.8, 4) is 0 Å². The van der Waals surface area contributed by atoms with Gasteiger partial charge in [0.1, 0.15) is 5.56 Å². The van der Waals surface area contributed by atoms with Gasteiger partial charge in [-0.1, -0.05) is 0 Å². The van der Waals surface area contributed by atoms with E-state index in [1.807, 2.05) is 19.9 Å². The van der Waals surface area contributed by atoms with Crippen LogP contribution in [-0.4, -0.2) is 51.4 Å². The third kappa shape index (κ3) is 3.77. The minimum atomic E-state index is -0.393. The Balaban J connectivity index is 2.00. The molecule has 0 aliphatic carbocycles. The van der Waals surface area contributed by atoms with Crippen LogP contribution in [-0.2, 0) is 0 Å². The highest BCUT2D eigenvalue weighted by Gasteiger charge is 2.14. The molecule has 2 aromatic heterocycles. The van der Waals surface area contributed by atoms with Crippen LogP contribution in [0.25, 0.3) is 5.65 Å². The van der Waals surface area contributed by atoms with Crippen LogP contribution in [0.1, 0.15) is 28.7 Å². The van der Waals surface area contributed by atoms with Crippen molar-refractivity contribution >= 4 is 11.6 Å². The van der Waals surface area contributed by atoms with Crippen LogP contribution in [0, 0.1) is 13.8 Å². The van der Waals surface area contributed by atoms with Gasteiger partial charge in [0.05, 0.1) is 12.3 Å². The number of nitrogens with zero attached hydrogens (tertiary/aromatic N) is 3. The maximum Gasteiger partial charge on any atom is 0.256 e. The highest BCUT2D eigenvalue weighted by molar-refractivity contribution is 5.99. The lowest BCUT2D eigenvalue weighted by Crippen LogP contribution is -2.34. The molecule has 0 fully saturated rings. The second-order valence-corrected chi connectivity index (χ2v) is 5.14. The Labute approximate surface area is 123 Å². The van der Waals surface area contributed by atoms with E-state index in [0.29, 0.717) is 30.8 Å². The first kappa shape index (κ1) is 15.4. The number of fused-ring (bicyclic) bond motifs is 1. The molecule has 2 heterocycles. The van der Waals surface area contributed by atoms with Crippen molar-refractivity contribution in [2.45, 2.75) is 26.9 Å². The van der Waals surface area contributed by atoms with Gasteiger partial charge >= 0.3 is 0 Å². The summed E-state index contributed by atoms with van der Waals surface area (Å²) in [6, 6.07) is 1.92. The van der Waals surface area contributed by atoms with Gasteiger partial charge in [-0.05, 0) is 26.8 Å². The summed E-state index contributed by atoms with van der Waals surface area (Å²) >= 11 is 0. The number of hydrogen-bond donors (Lipinski definition) is 3. The standard InChI is InChI=1S/C14H21N5O2/c1-9-6-10(2)19-13(18-9)12(8-17-19)14(21)16-5-4-15-7-11(3)20/h6,8,11,15,20H,4-5,7H2,1-3H3,(H,16,21). The minimum Gasteiger partial charge on any atom is -0.392 e. The molecule has 0 aromatic carbocycles. The van der Waals surface area contributed by atoms with Crippen molar-refractivity contribution in [2.75, 3.05) is 19.6 Å². The molecular formula is C14H21N5O2. The lowest BCUT2D eigenvalue weighted by molar-refractivity contribution is 0.0955. The van der Waals surface area contributed by atoms with Gasteiger partial charge in [0.2, 0.25) is 0 Å². The van der Waals surface area contributed by atoms with Crippen molar-refractivity contribution < 1.29 is 9.90 Å². The molecule has 1 atom stereocenters. The molecule has 1 amide bonds. The van der Waals surface area contributed by atoms with Gasteiger partial charge in [0.25, 0.3) is 5.91 Å². The number of carbonyl (C=O) groups excluding carboxylic acids is 1. The maximum absolute atomic E-state index is 12.2. The second kappa shape index (κ2) is 6.64. The lowest BCUT2D eigenvalue weighted by Gasteiger charge is -2.07. The van der Waals surface area contributed by atoms with Crippen molar-refractivity contribution in [1.82, 2.24) is 25.2 Å². The SMILES string of the molecule is Cc1cc(C)n2ncc(C(=O)NCCNCC(C)O)c2n1. The largest absolute Gasteiger partial charge is 0.392 e. The highest BCUT2D eigenvalue weighted by Crippen LogP contribution is 2.11. The van der Waals surface area contributed by atoms with Gasteiger partial charge in [-0.15, -0.1) is 0 Å². The number of rotatable bonds is 6. The third-order valence-electron chi connectivity index (χ3n) is 3.05. The Morgan fingerprint density at radius 1 is 1.43 bits per heavy atom. The van der Waals surface area contributed by atoms with E-state index in [1.165, 1.54) is 6.20 Å². The Bertz CT molecular complexity index is 636. The van der Waals surface area contributed by atoms with Gasteiger partial charge in [0, 0.05) is 31.0 Å². The van der Waals surface area contributed by atoms with Gasteiger partial charge in [-0.2, -0.15) is 5.10 Å². The van der Waals surface area contributed by atoms with Crippen LogP contribution >= 0.6 is 0 Å². The fraction of sp³-hybridized carbons (Fsp3) is 0.500. The molecule has 21 heavy (non-hydrogen) atoms. The molecule has 3 N–H and O–H groups in total. The number of amides is 1. The van der Waals surface area contributed by atoms with E-state index in [1.54, 1.807) is 11.4 Å². The summed E-state index contributed by atoms with van der Waals surface area (Å²) in [5.74, 6) is -0.193. The van der Waals surface area contributed by atoms with E-state index in [0.717, 1.165) is 11.4 Å². The number of aliphatic hydroxyl groups excluding tert-OH is 1. The molecule has 2 rings (SSSR count). The summed E-state index contributed by atoms with van der Waals surface area (Å²) in [6.07, 6.45) is 1.14. The summed E-state index contributed by atoms with van der Waals surface area (Å²) in [6.45, 7) is 7.11. The zero-order chi connectivity index (χ0) is 15.4. The number of nitrogens with one attached hydrogen (secondary N) is 2. The van der Waals surface area contributed by atoms with E-state index >= 15 is 0 Å². The predicted molar refractivity (Wildman–Crippen MR) is 79.3 cm³/mol. The Hall–Kier alpha value is -1.99. The topological polar surface area (TPSA) is 91.6 Å². The molecule has 0 bridgehead atoms. The van der Waals surface area contributed by atoms with E-state index in [2.05, 4.69) is 20.7 Å². The monoisotopic (exact) mass is 291 g/mol. The van der Waals surface area contributed by atoms with Crippen molar-refractivity contribution in [1.29, 1.82) is 0 Å². The normalized spacial score (nSPS) is 12.6. The molecule has 1 unspecified atom stereocenters. The van der Waals surface area contributed by atoms with Crippen LogP contribution in [0.2, 0.25) is 0 Å². The molecule has 114 valence electrons. The summed E-state index contributed by atoms with van der Waals surface area (Å²) in [5, 5.41) is 19.2. The Morgan fingerprint density at radius 2 is 2.19 bits per heavy atom. The Kier molecular flexibility index (Phi) is 4.87. The maximum atomic E-state index is 12.2. The molecule has 2 aromatic rings. The van der Waals surface area contributed by atoms with Crippen LogP contribution < -0.4 is 10.6 Å². The van der Waals surface area contributed by atoms with E-state index in [9.17, 15) is 4.79 Å². The van der Waals surface area contributed by atoms with Crippen LogP contribution in [0.15, 0.2) is 12.3 Å². The quantitative estimate of drug-likeness (QED) is 0.654. The average molecular weight is 291 g/mol. The molecule has 0 aliphatic rings. The zero-order valence-electron chi connectivity index (χ0n) is 12.6. The summed E-state index contributed by atoms with van der Waals surface area (Å²) < 4.78 is 1.66. The van der Waals surface area contributed by atoms with Crippen LogP contribution in [0.4, 0.5) is 0 Å². The fourth-order valence-corrected chi connectivity index (χ4v) is 2.10. The molecule has 0 radical (unpaired) electrons. The van der Waals surface area contributed by atoms with Gasteiger partial charge in [-0.3, -0.25) is 4.79 Å². The number of aromatic nitrogens is 3. The smallest absolute Gasteiger partial charge is 0.256 e. The number of aliphatic hydroxyl groups is 1. The average Bonchev–Trinajstić information content (AvgIpc) is 2.81. The number of aryl methyl sites for hydroxylation is 2. The van der Waals surface area contributed by atoms with Crippen LogP contribution in [0.3, 0.4) is 0 Å². The first-order valence-electron chi connectivity index (χ1n) is 6.98. The number of carbonyl (C=O) groups is 1. The van der Waals surface area contributed by atoms with Crippen molar-refractivity contribution in [3.05, 3.63) is 29.2 Å². The van der Waals surface area contributed by atoms with Gasteiger partial charge in [0.15, 0.2) is 5.65 Å². The lowest BCUT2D eigenvalue weighted by atomic mass is 10.3. The molecule has 0 saturated carbocycles. The van der Waals surface area contributed by atoms with Crippen molar-refractivity contribution in [3.63, 3.8) is 0 Å². The second-order valence-electron chi connectivity index (χ2n) is 5.14. The summed E-state index contributed by atoms with van der Waals surface area (Å²) in [5.41, 5.74) is 2.84. The molecule has 7 nitrogen and oxygen atoms in total. The molecule has 0 aliphatic heterocycles. The van der Waals surface area contributed by atoms with E-state index in [4.69, 9.17) is 5.11 Å². The summed E-state index contributed by atoms with van der Waals surface area (Å²) in [7, 11) is 0. The first-order valence-corrected chi connectivity index (χ1v) is 6.98. The Morgan fingerprint density at radius 3 is 2.90 bits per heavy atom. The first-order chi connectivity index (χ1) is 9.99. The third-order valence-corrected chi connectivity index (χ3v) is 3.05. The highest BCUT2D eigenvalue weighted by atomic mass is 16.3. The van der Waals surface area contributed by atoms with Gasteiger partial charge in [-0.25, -0.2) is 9.50 Å². The zero-order valence-corrected chi connectivity index (χ0v) is 12.6. The molecule has 0 saturated heterocycles. The predicted octanol–water partition coefficient (Wildman–Crippen LogP) is 0.0463. The number of hydrogen-bond acceptors (Lipinski definition) is 5. The van der Waals surface area contributed by atoms with E-state index in [-0.39, 0.29) is 5.91 Å². The molecule has 7 heteroatoms. The molecular weight excluding hydrogens is 270 g/mol. The fourth-order valence-electron chi connectivity index (χ4n) is 2.10. The van der Waals surface area contributed by atoms with Crippen LogP contribution in [0.5, 0.6) is 0 Å². The molecule has 0 spiro atoms.